The summed E-state index contributed by atoms with van der Waals surface area (Å²) in [7, 11) is 0. The third-order valence-electron chi connectivity index (χ3n) is 5.88. The van der Waals surface area contributed by atoms with Gasteiger partial charge in [0, 0.05) is 17.0 Å². The van der Waals surface area contributed by atoms with Crippen LogP contribution in [0, 0.1) is 0 Å². The second kappa shape index (κ2) is 8.75. The number of nitrogens with one attached hydrogen (secondary N) is 1. The number of hydrogen-bond donors (Lipinski definition) is 1. The molecule has 0 radical (unpaired) electrons. The molecule has 2 aliphatic rings. The second-order valence-electron chi connectivity index (χ2n) is 8.12. The maximum absolute atomic E-state index is 13.4. The number of benzene rings is 2. The monoisotopic (exact) mass is 506 g/mol. The van der Waals surface area contributed by atoms with Crippen LogP contribution in [0.2, 0.25) is 5.02 Å². The average molecular weight is 507 g/mol. The van der Waals surface area contributed by atoms with E-state index < -0.39 is 11.7 Å². The van der Waals surface area contributed by atoms with Gasteiger partial charge in [-0.3, -0.25) is 19.2 Å². The number of imide groups is 1. The first-order valence-electron chi connectivity index (χ1n) is 10.5. The Morgan fingerprint density at radius 3 is 2.76 bits per heavy atom. The van der Waals surface area contributed by atoms with Gasteiger partial charge in [-0.2, -0.15) is 18.3 Å². The maximum Gasteiger partial charge on any atom is 0.416 e. The van der Waals surface area contributed by atoms with Crippen molar-refractivity contribution in [2.45, 2.75) is 25.2 Å². The molecule has 1 atom stereocenters. The fourth-order valence-electron chi connectivity index (χ4n) is 4.24. The lowest BCUT2D eigenvalue weighted by Crippen LogP contribution is -2.39. The van der Waals surface area contributed by atoms with Gasteiger partial charge in [0.25, 0.3) is 11.1 Å². The van der Waals surface area contributed by atoms with Crippen molar-refractivity contribution in [2.24, 2.45) is 0 Å². The van der Waals surface area contributed by atoms with E-state index in [1.54, 1.807) is 30.5 Å². The third-order valence-corrected chi connectivity index (χ3v) is 7.00. The molecule has 2 aromatic carbocycles. The molecule has 1 aromatic heterocycles. The summed E-state index contributed by atoms with van der Waals surface area (Å²) < 4.78 is 41.8. The van der Waals surface area contributed by atoms with Gasteiger partial charge in [-0.1, -0.05) is 23.7 Å². The van der Waals surface area contributed by atoms with Crippen LogP contribution in [0.25, 0.3) is 17.0 Å². The maximum atomic E-state index is 13.4. The van der Waals surface area contributed by atoms with Gasteiger partial charge < -0.3 is 5.32 Å². The Morgan fingerprint density at radius 2 is 2.03 bits per heavy atom. The summed E-state index contributed by atoms with van der Waals surface area (Å²) in [5, 5.41) is 7.85. The van der Waals surface area contributed by atoms with E-state index in [0.29, 0.717) is 27.9 Å². The van der Waals surface area contributed by atoms with Crippen LogP contribution in [-0.4, -0.2) is 45.0 Å². The van der Waals surface area contributed by atoms with Gasteiger partial charge in [0.1, 0.15) is 0 Å². The van der Waals surface area contributed by atoms with E-state index in [0.717, 1.165) is 30.8 Å². The summed E-state index contributed by atoms with van der Waals surface area (Å²) in [5.41, 5.74) is 0.601. The van der Waals surface area contributed by atoms with Crippen LogP contribution in [-0.2, 0) is 17.5 Å². The average Bonchev–Trinajstić information content (AvgIpc) is 3.49. The van der Waals surface area contributed by atoms with Crippen molar-refractivity contribution >= 4 is 51.5 Å². The van der Waals surface area contributed by atoms with Gasteiger partial charge in [-0.25, -0.2) is 0 Å². The Kier molecular flexibility index (Phi) is 5.91. The molecule has 1 N–H and O–H groups in total. The molecule has 176 valence electrons. The highest BCUT2D eigenvalue weighted by Crippen LogP contribution is 2.36. The summed E-state index contributed by atoms with van der Waals surface area (Å²) in [6, 6.07) is 8.83. The number of nitrogens with zero attached hydrogens (tertiary/aromatic N) is 3. The number of halogens is 4. The first kappa shape index (κ1) is 22.9. The summed E-state index contributed by atoms with van der Waals surface area (Å²) in [6.07, 6.45) is -0.579. The number of amides is 2. The van der Waals surface area contributed by atoms with Crippen molar-refractivity contribution in [3.8, 4) is 0 Å². The van der Waals surface area contributed by atoms with Crippen LogP contribution >= 0.6 is 23.4 Å². The van der Waals surface area contributed by atoms with E-state index in [1.165, 1.54) is 21.7 Å². The van der Waals surface area contributed by atoms with Gasteiger partial charge in [0.15, 0.2) is 0 Å². The molecule has 3 aromatic rings. The van der Waals surface area contributed by atoms with Gasteiger partial charge in [-0.05, 0) is 66.2 Å². The molecule has 11 heteroatoms. The smallest absolute Gasteiger partial charge is 0.315 e. The Labute approximate surface area is 201 Å². The Hall–Kier alpha value is -2.82. The zero-order valence-electron chi connectivity index (χ0n) is 17.6. The molecular formula is C23H18ClF3N4O2S. The highest BCUT2D eigenvalue weighted by atomic mass is 35.5. The molecule has 0 spiro atoms. The Morgan fingerprint density at radius 1 is 1.21 bits per heavy atom. The molecule has 2 amide bonds. The van der Waals surface area contributed by atoms with Crippen LogP contribution in [0.3, 0.4) is 0 Å². The number of thioether (sulfide) groups is 1. The van der Waals surface area contributed by atoms with Gasteiger partial charge in [0.05, 0.1) is 34.8 Å². The summed E-state index contributed by atoms with van der Waals surface area (Å²) in [5.74, 6) is -0.304. The van der Waals surface area contributed by atoms with Crippen molar-refractivity contribution < 1.29 is 22.8 Å². The molecule has 0 saturated carbocycles. The normalized spacial score (nSPS) is 20.3. The second-order valence-corrected chi connectivity index (χ2v) is 9.55. The first-order valence-corrected chi connectivity index (χ1v) is 11.7. The number of aromatic nitrogens is 2. The molecule has 34 heavy (non-hydrogen) atoms. The topological polar surface area (TPSA) is 67.2 Å². The minimum absolute atomic E-state index is 0.0136. The predicted molar refractivity (Wildman–Crippen MR) is 124 cm³/mol. The number of hydrogen-bond acceptors (Lipinski definition) is 5. The SMILES string of the molecule is O=C1SC(=Cc2ccc3c(cnn3Cc3ccc(Cl)cc3C(F)(F)F)c2)C(=O)N1[C@@H]1CCNC1. The van der Waals surface area contributed by atoms with Crippen molar-refractivity contribution in [1.29, 1.82) is 0 Å². The summed E-state index contributed by atoms with van der Waals surface area (Å²) in [4.78, 5) is 26.8. The fourth-order valence-corrected chi connectivity index (χ4v) is 5.31. The number of rotatable bonds is 4. The standard InChI is InChI=1S/C23H18ClF3N4O2S/c24-16-3-2-14(18(9-16)23(25,26)27)12-30-19-4-1-13(7-15(19)10-29-30)8-20-21(32)31(22(33)34-20)17-5-6-28-11-17/h1-4,7-10,17,28H,5-6,11-12H2/t17-/m1/s1. The van der Waals surface area contributed by atoms with E-state index >= 15 is 0 Å². The highest BCUT2D eigenvalue weighted by Gasteiger charge is 2.40. The number of carbonyl (C=O) groups excluding carboxylic acids is 2. The largest absolute Gasteiger partial charge is 0.416 e. The minimum atomic E-state index is -4.53. The Bertz CT molecular complexity index is 1330. The molecular weight excluding hydrogens is 489 g/mol. The van der Waals surface area contributed by atoms with Crippen LogP contribution in [0.4, 0.5) is 18.0 Å². The quantitative estimate of drug-likeness (QED) is 0.495. The van der Waals surface area contributed by atoms with Crippen molar-refractivity contribution in [2.75, 3.05) is 13.1 Å². The zero-order valence-corrected chi connectivity index (χ0v) is 19.2. The highest BCUT2D eigenvalue weighted by molar-refractivity contribution is 8.18. The van der Waals surface area contributed by atoms with Gasteiger partial charge in [0.2, 0.25) is 0 Å². The number of fused-ring (bicyclic) bond motifs is 1. The molecule has 5 rings (SSSR count). The van der Waals surface area contributed by atoms with E-state index in [1.807, 2.05) is 0 Å². The lowest BCUT2D eigenvalue weighted by atomic mass is 10.1. The molecule has 0 unspecified atom stereocenters. The predicted octanol–water partition coefficient (Wildman–Crippen LogP) is 5.16. The molecule has 2 saturated heterocycles. The van der Waals surface area contributed by atoms with E-state index in [4.69, 9.17) is 11.6 Å². The van der Waals surface area contributed by atoms with Gasteiger partial charge in [-0.15, -0.1) is 0 Å². The fraction of sp³-hybridized carbons (Fsp3) is 0.261. The van der Waals surface area contributed by atoms with Crippen LogP contribution in [0.1, 0.15) is 23.1 Å². The van der Waals surface area contributed by atoms with E-state index in [-0.39, 0.29) is 34.3 Å². The Balaban J connectivity index is 1.41. The van der Waals surface area contributed by atoms with Crippen LogP contribution in [0.15, 0.2) is 47.5 Å². The molecule has 6 nitrogen and oxygen atoms in total. The van der Waals surface area contributed by atoms with Crippen LogP contribution < -0.4 is 5.32 Å². The number of alkyl halides is 3. The summed E-state index contributed by atoms with van der Waals surface area (Å²) in [6.45, 7) is 1.29. The lowest BCUT2D eigenvalue weighted by Gasteiger charge is -2.19. The molecule has 3 heterocycles. The molecule has 2 fully saturated rings. The van der Waals surface area contributed by atoms with Crippen molar-refractivity contribution in [3.63, 3.8) is 0 Å². The summed E-state index contributed by atoms with van der Waals surface area (Å²) >= 11 is 6.68. The van der Waals surface area contributed by atoms with Crippen molar-refractivity contribution in [1.82, 2.24) is 20.0 Å². The van der Waals surface area contributed by atoms with E-state index in [2.05, 4.69) is 10.4 Å². The van der Waals surface area contributed by atoms with Gasteiger partial charge >= 0.3 is 6.18 Å². The minimum Gasteiger partial charge on any atom is -0.315 e. The van der Waals surface area contributed by atoms with Crippen LogP contribution in [0.5, 0.6) is 0 Å². The third kappa shape index (κ3) is 4.33. The zero-order chi connectivity index (χ0) is 24.0. The first-order chi connectivity index (χ1) is 16.2. The molecule has 0 bridgehead atoms. The molecule has 2 aliphatic heterocycles. The lowest BCUT2D eigenvalue weighted by molar-refractivity contribution is -0.138. The molecule has 0 aliphatic carbocycles. The van der Waals surface area contributed by atoms with Crippen molar-refractivity contribution in [3.05, 3.63) is 69.2 Å². The van der Waals surface area contributed by atoms with E-state index in [9.17, 15) is 22.8 Å². The number of carbonyl (C=O) groups is 2.